The third-order valence-electron chi connectivity index (χ3n) is 4.89. The summed E-state index contributed by atoms with van der Waals surface area (Å²) in [6.07, 6.45) is 2.28. The lowest BCUT2D eigenvalue weighted by Gasteiger charge is -2.09. The topological polar surface area (TPSA) is 0 Å². The van der Waals surface area contributed by atoms with Gasteiger partial charge in [0, 0.05) is 21.0 Å². The van der Waals surface area contributed by atoms with E-state index in [1.54, 1.807) is 0 Å². The lowest BCUT2D eigenvalue weighted by atomic mass is 9.96. The van der Waals surface area contributed by atoms with E-state index >= 15 is 0 Å². The summed E-state index contributed by atoms with van der Waals surface area (Å²) in [5.74, 6) is 0.431. The maximum atomic E-state index is 6.08. The van der Waals surface area contributed by atoms with Crippen LogP contribution in [0.1, 0.15) is 23.6 Å². The molecule has 27 heavy (non-hydrogen) atoms. The summed E-state index contributed by atoms with van der Waals surface area (Å²) in [6.45, 7) is 2.23. The first-order chi connectivity index (χ1) is 13.0. The monoisotopic (exact) mass is 410 g/mol. The van der Waals surface area contributed by atoms with Gasteiger partial charge in [0.15, 0.2) is 0 Å². The van der Waals surface area contributed by atoms with E-state index in [4.69, 9.17) is 34.8 Å². The van der Waals surface area contributed by atoms with Crippen molar-refractivity contribution in [3.63, 3.8) is 0 Å². The molecule has 0 nitrogen and oxygen atoms in total. The van der Waals surface area contributed by atoms with Gasteiger partial charge in [-0.25, -0.2) is 0 Å². The van der Waals surface area contributed by atoms with Crippen molar-refractivity contribution in [2.45, 2.75) is 6.92 Å². The molecule has 0 aromatic heterocycles. The fourth-order valence-electron chi connectivity index (χ4n) is 3.35. The van der Waals surface area contributed by atoms with E-state index in [9.17, 15) is 0 Å². The van der Waals surface area contributed by atoms with Crippen molar-refractivity contribution in [1.82, 2.24) is 0 Å². The van der Waals surface area contributed by atoms with Gasteiger partial charge < -0.3 is 0 Å². The van der Waals surface area contributed by atoms with Gasteiger partial charge in [0.05, 0.1) is 0 Å². The van der Waals surface area contributed by atoms with E-state index < -0.39 is 0 Å². The van der Waals surface area contributed by atoms with Crippen LogP contribution in [0, 0.1) is 5.92 Å². The highest BCUT2D eigenvalue weighted by Gasteiger charge is 2.32. The largest absolute Gasteiger partial charge is 0.0843 e. The predicted molar refractivity (Wildman–Crippen MR) is 118 cm³/mol. The molecule has 1 aliphatic carbocycles. The molecule has 4 rings (SSSR count). The van der Waals surface area contributed by atoms with Crippen LogP contribution in [0.25, 0.3) is 11.1 Å². The van der Waals surface area contributed by atoms with E-state index in [1.165, 1.54) is 16.7 Å². The van der Waals surface area contributed by atoms with Gasteiger partial charge in [0.25, 0.3) is 0 Å². The molecular formula is C24H17Cl3. The molecule has 1 atom stereocenters. The molecule has 3 aromatic rings. The van der Waals surface area contributed by atoms with Crippen LogP contribution in [0.3, 0.4) is 0 Å². The number of allylic oxidation sites excluding steroid dienone is 3. The van der Waals surface area contributed by atoms with Crippen LogP contribution in [-0.4, -0.2) is 0 Å². The molecule has 1 aliphatic rings. The van der Waals surface area contributed by atoms with Crippen molar-refractivity contribution in [1.29, 1.82) is 0 Å². The lowest BCUT2D eigenvalue weighted by Crippen LogP contribution is -1.88. The molecule has 0 radical (unpaired) electrons. The Hall–Kier alpha value is -1.99. The van der Waals surface area contributed by atoms with Gasteiger partial charge in [-0.05, 0) is 75.9 Å². The molecule has 0 bridgehead atoms. The van der Waals surface area contributed by atoms with Crippen LogP contribution in [-0.2, 0) is 0 Å². The summed E-state index contributed by atoms with van der Waals surface area (Å²) in [4.78, 5) is 0. The zero-order valence-corrected chi connectivity index (χ0v) is 17.0. The Bertz CT molecular complexity index is 977. The fraction of sp³-hybridized carbons (Fsp3) is 0.0833. The van der Waals surface area contributed by atoms with Crippen LogP contribution < -0.4 is 0 Å². The maximum absolute atomic E-state index is 6.08. The van der Waals surface area contributed by atoms with Gasteiger partial charge in [0.1, 0.15) is 0 Å². The van der Waals surface area contributed by atoms with Crippen LogP contribution >= 0.6 is 34.8 Å². The normalized spacial score (nSPS) is 15.6. The van der Waals surface area contributed by atoms with Crippen molar-refractivity contribution in [3.8, 4) is 0 Å². The summed E-state index contributed by atoms with van der Waals surface area (Å²) in [7, 11) is 0. The molecule has 3 heteroatoms. The lowest BCUT2D eigenvalue weighted by molar-refractivity contribution is 1.06. The molecule has 0 saturated heterocycles. The number of halogens is 3. The molecule has 0 spiro atoms. The number of hydrogen-bond acceptors (Lipinski definition) is 0. The highest BCUT2D eigenvalue weighted by molar-refractivity contribution is 6.31. The third kappa shape index (κ3) is 3.99. The zero-order valence-electron chi connectivity index (χ0n) is 14.7. The SMILES string of the molecule is CC1C(C=C(c2ccc(Cl)cc2)c2ccc(Cl)cc2)=C1c1ccc(Cl)cc1. The first-order valence-electron chi connectivity index (χ1n) is 8.76. The Morgan fingerprint density at radius 3 is 1.52 bits per heavy atom. The Morgan fingerprint density at radius 1 is 0.667 bits per heavy atom. The highest BCUT2D eigenvalue weighted by Crippen LogP contribution is 2.49. The van der Waals surface area contributed by atoms with Crippen LogP contribution in [0.2, 0.25) is 15.1 Å². The first kappa shape index (κ1) is 18.4. The summed E-state index contributed by atoms with van der Waals surface area (Å²) in [5.41, 5.74) is 7.36. The van der Waals surface area contributed by atoms with Gasteiger partial charge in [-0.2, -0.15) is 0 Å². The van der Waals surface area contributed by atoms with Crippen LogP contribution in [0.4, 0.5) is 0 Å². The molecule has 1 unspecified atom stereocenters. The summed E-state index contributed by atoms with van der Waals surface area (Å²) in [6, 6.07) is 23.9. The molecular weight excluding hydrogens is 395 g/mol. The predicted octanol–water partition coefficient (Wildman–Crippen LogP) is 8.18. The third-order valence-corrected chi connectivity index (χ3v) is 5.65. The van der Waals surface area contributed by atoms with Gasteiger partial charge in [-0.15, -0.1) is 0 Å². The summed E-state index contributed by atoms with van der Waals surface area (Å²) >= 11 is 18.2. The Labute approximate surface area is 174 Å². The Kier molecular flexibility index (Phi) is 5.14. The molecule has 0 N–H and O–H groups in total. The summed E-state index contributed by atoms with van der Waals surface area (Å²) in [5, 5.41) is 2.22. The number of hydrogen-bond donors (Lipinski definition) is 0. The average Bonchev–Trinajstić information content (AvgIpc) is 3.31. The highest BCUT2D eigenvalue weighted by atomic mass is 35.5. The van der Waals surface area contributed by atoms with Gasteiger partial charge >= 0.3 is 0 Å². The van der Waals surface area contributed by atoms with Crippen LogP contribution in [0.15, 0.2) is 84.4 Å². The molecule has 0 fully saturated rings. The van der Waals surface area contributed by atoms with Gasteiger partial charge in [0.2, 0.25) is 0 Å². The van der Waals surface area contributed by atoms with Crippen molar-refractivity contribution < 1.29 is 0 Å². The fourth-order valence-corrected chi connectivity index (χ4v) is 3.73. The minimum atomic E-state index is 0.431. The minimum Gasteiger partial charge on any atom is -0.0843 e. The second-order valence-corrected chi connectivity index (χ2v) is 7.98. The molecule has 0 amide bonds. The van der Waals surface area contributed by atoms with Crippen molar-refractivity contribution in [2.75, 3.05) is 0 Å². The standard InChI is InChI=1S/C24H17Cl3/c1-15-22(24(15)18-6-12-21(27)13-7-18)14-23(16-2-8-19(25)9-3-16)17-4-10-20(26)11-5-17/h2-15H,1H3. The van der Waals surface area contributed by atoms with Gasteiger partial charge in [-0.3, -0.25) is 0 Å². The molecule has 3 aromatic carbocycles. The average molecular weight is 412 g/mol. The van der Waals surface area contributed by atoms with E-state index in [0.717, 1.165) is 31.8 Å². The second kappa shape index (κ2) is 7.56. The van der Waals surface area contributed by atoms with Crippen molar-refractivity contribution in [2.24, 2.45) is 5.92 Å². The molecule has 0 saturated carbocycles. The minimum absolute atomic E-state index is 0.431. The first-order valence-corrected chi connectivity index (χ1v) is 9.90. The van der Waals surface area contributed by atoms with Crippen molar-refractivity contribution >= 4 is 45.9 Å². The Balaban J connectivity index is 1.79. The number of benzene rings is 3. The van der Waals surface area contributed by atoms with E-state index in [1.807, 2.05) is 36.4 Å². The maximum Gasteiger partial charge on any atom is 0.0406 e. The molecule has 0 heterocycles. The second-order valence-electron chi connectivity index (χ2n) is 6.67. The van der Waals surface area contributed by atoms with Crippen molar-refractivity contribution in [3.05, 3.63) is 116 Å². The number of rotatable bonds is 4. The van der Waals surface area contributed by atoms with Gasteiger partial charge in [-0.1, -0.05) is 78.1 Å². The Morgan fingerprint density at radius 2 is 1.07 bits per heavy atom. The van der Waals surface area contributed by atoms with E-state index in [2.05, 4.69) is 49.4 Å². The van der Waals surface area contributed by atoms with Crippen LogP contribution in [0.5, 0.6) is 0 Å². The van der Waals surface area contributed by atoms with E-state index in [0.29, 0.717) is 5.92 Å². The van der Waals surface area contributed by atoms with E-state index in [-0.39, 0.29) is 0 Å². The molecule has 0 aliphatic heterocycles. The summed E-state index contributed by atoms with van der Waals surface area (Å²) < 4.78 is 0. The zero-order chi connectivity index (χ0) is 19.0. The molecule has 134 valence electrons. The quantitative estimate of drug-likeness (QED) is 0.406. The smallest absolute Gasteiger partial charge is 0.0406 e.